The molecule has 0 radical (unpaired) electrons. The number of nitrogens with two attached hydrogens (primary N) is 1. The molecule has 15 heteroatoms. The predicted octanol–water partition coefficient (Wildman–Crippen LogP) is 5.17. The van der Waals surface area contributed by atoms with Crippen LogP contribution in [0.2, 0.25) is 5.02 Å². The van der Waals surface area contributed by atoms with Gasteiger partial charge in [-0.15, -0.1) is 0 Å². The van der Waals surface area contributed by atoms with Crippen molar-refractivity contribution in [2.24, 2.45) is 5.73 Å². The van der Waals surface area contributed by atoms with Gasteiger partial charge in [0.25, 0.3) is 11.8 Å². The van der Waals surface area contributed by atoms with E-state index >= 15 is 0 Å². The van der Waals surface area contributed by atoms with E-state index in [9.17, 15) is 35.9 Å². The molecule has 3 aromatic heterocycles. The Kier molecular flexibility index (Phi) is 6.32. The largest absolute Gasteiger partial charge is 0.435 e. The van der Waals surface area contributed by atoms with Crippen LogP contribution in [0.4, 0.5) is 32.0 Å². The fourth-order valence-corrected chi connectivity index (χ4v) is 3.72. The highest BCUT2D eigenvalue weighted by Gasteiger charge is 2.37. The monoisotopic (exact) mass is 542 g/mol. The number of benzene rings is 1. The molecule has 0 saturated carbocycles. The lowest BCUT2D eigenvalue weighted by Crippen LogP contribution is -2.22. The molecule has 0 aliphatic heterocycles. The number of fused-ring (bicyclic) bond motifs is 1. The number of nitrogens with one attached hydrogen (secondary N) is 1. The molecule has 4 rings (SSSR count). The average molecular weight is 543 g/mol. The van der Waals surface area contributed by atoms with Crippen LogP contribution in [0, 0.1) is 6.92 Å². The van der Waals surface area contributed by atoms with E-state index in [1.165, 1.54) is 25.3 Å². The Morgan fingerprint density at radius 1 is 1.03 bits per heavy atom. The number of anilines is 1. The summed E-state index contributed by atoms with van der Waals surface area (Å²) in [4.78, 5) is 32.7. The minimum absolute atomic E-state index is 0.0962. The highest BCUT2D eigenvalue weighted by molar-refractivity contribution is 6.32. The van der Waals surface area contributed by atoms with Crippen LogP contribution in [0.1, 0.15) is 37.8 Å². The van der Waals surface area contributed by atoms with Gasteiger partial charge in [0.05, 0.1) is 21.8 Å². The predicted molar refractivity (Wildman–Crippen MR) is 119 cm³/mol. The molecule has 1 aromatic carbocycles. The molecule has 0 unspecified atom stereocenters. The number of primary amides is 1. The quantitative estimate of drug-likeness (QED) is 0.345. The third-order valence-corrected chi connectivity index (χ3v) is 5.52. The smallest absolute Gasteiger partial charge is 0.366 e. The Hall–Kier alpha value is -4.20. The van der Waals surface area contributed by atoms with Crippen molar-refractivity contribution in [1.82, 2.24) is 19.7 Å². The van der Waals surface area contributed by atoms with Gasteiger partial charge in [-0.3, -0.25) is 9.59 Å². The zero-order valence-corrected chi connectivity index (χ0v) is 19.1. The standard InChI is InChI=1S/C22H13ClF6N6O2/c1-9-10-4-5-15(21(24,25)26)32-13(10)7-11(18(30)36)17(9)33-20(37)14-8-16(22(27,28)29)34-35(14)19-12(23)3-2-6-31-19/h2-8H,1H3,(H2,30,36)(H,33,37). The molecule has 0 atom stereocenters. The SMILES string of the molecule is Cc1c(NC(=O)c2cc(C(F)(F)F)nn2-c2ncccc2Cl)c(C(N)=O)cc2nc(C(F)(F)F)ccc12. The Morgan fingerprint density at radius 3 is 2.30 bits per heavy atom. The number of pyridine rings is 2. The minimum atomic E-state index is -4.93. The molecule has 0 aliphatic carbocycles. The van der Waals surface area contributed by atoms with Crippen molar-refractivity contribution in [3.63, 3.8) is 0 Å². The third kappa shape index (κ3) is 4.91. The van der Waals surface area contributed by atoms with Crippen molar-refractivity contribution in [3.8, 4) is 5.82 Å². The maximum Gasteiger partial charge on any atom is 0.435 e. The van der Waals surface area contributed by atoms with Gasteiger partial charge in [-0.25, -0.2) is 14.6 Å². The number of alkyl halides is 6. The number of rotatable bonds is 4. The Labute approximate surface area is 208 Å². The molecule has 0 bridgehead atoms. The molecule has 0 aliphatic rings. The molecule has 2 amide bonds. The molecular weight excluding hydrogens is 530 g/mol. The van der Waals surface area contributed by atoms with Crippen molar-refractivity contribution >= 4 is 40.0 Å². The van der Waals surface area contributed by atoms with Gasteiger partial charge < -0.3 is 11.1 Å². The summed E-state index contributed by atoms with van der Waals surface area (Å²) in [6.07, 6.45) is -8.47. The highest BCUT2D eigenvalue weighted by atomic mass is 35.5. The van der Waals surface area contributed by atoms with Crippen LogP contribution in [0.3, 0.4) is 0 Å². The summed E-state index contributed by atoms with van der Waals surface area (Å²) in [5.41, 5.74) is 1.31. The number of halogens is 7. The third-order valence-electron chi connectivity index (χ3n) is 5.22. The summed E-state index contributed by atoms with van der Waals surface area (Å²) in [6.45, 7) is 1.37. The average Bonchev–Trinajstić information content (AvgIpc) is 3.26. The van der Waals surface area contributed by atoms with Crippen molar-refractivity contribution < 1.29 is 35.9 Å². The summed E-state index contributed by atoms with van der Waals surface area (Å²) < 4.78 is 80.1. The van der Waals surface area contributed by atoms with Gasteiger partial charge in [-0.05, 0) is 36.8 Å². The van der Waals surface area contributed by atoms with E-state index < -0.39 is 46.8 Å². The van der Waals surface area contributed by atoms with E-state index in [1.54, 1.807) is 0 Å². The van der Waals surface area contributed by atoms with Gasteiger partial charge in [0, 0.05) is 17.6 Å². The van der Waals surface area contributed by atoms with E-state index in [4.69, 9.17) is 17.3 Å². The van der Waals surface area contributed by atoms with Gasteiger partial charge in [0.2, 0.25) is 0 Å². The lowest BCUT2D eigenvalue weighted by Gasteiger charge is -2.16. The second-order valence-electron chi connectivity index (χ2n) is 7.64. The number of carbonyl (C=O) groups excluding carboxylic acids is 2. The summed E-state index contributed by atoms with van der Waals surface area (Å²) >= 11 is 6.04. The molecule has 3 heterocycles. The summed E-state index contributed by atoms with van der Waals surface area (Å²) in [6, 6.07) is 5.93. The summed E-state index contributed by atoms with van der Waals surface area (Å²) in [5, 5.41) is 5.75. The van der Waals surface area contributed by atoms with Crippen molar-refractivity contribution in [1.29, 1.82) is 0 Å². The fourth-order valence-electron chi connectivity index (χ4n) is 3.51. The highest BCUT2D eigenvalue weighted by Crippen LogP contribution is 2.34. The summed E-state index contributed by atoms with van der Waals surface area (Å²) in [7, 11) is 0. The molecule has 0 saturated heterocycles. The van der Waals surface area contributed by atoms with Gasteiger partial charge in [-0.1, -0.05) is 17.7 Å². The molecule has 8 nitrogen and oxygen atoms in total. The second kappa shape index (κ2) is 9.03. The molecule has 192 valence electrons. The molecular formula is C22H13ClF6N6O2. The fraction of sp³-hybridized carbons (Fsp3) is 0.136. The Bertz CT molecular complexity index is 1560. The van der Waals surface area contributed by atoms with Crippen LogP contribution in [0.15, 0.2) is 42.6 Å². The zero-order chi connectivity index (χ0) is 27.3. The number of hydrogen-bond donors (Lipinski definition) is 2. The van der Waals surface area contributed by atoms with Crippen LogP contribution in [-0.2, 0) is 12.4 Å². The van der Waals surface area contributed by atoms with E-state index in [0.717, 1.165) is 12.1 Å². The molecule has 37 heavy (non-hydrogen) atoms. The Morgan fingerprint density at radius 2 is 1.70 bits per heavy atom. The number of nitrogens with zero attached hydrogens (tertiary/aromatic N) is 4. The van der Waals surface area contributed by atoms with E-state index in [1.807, 2.05) is 0 Å². The number of carbonyl (C=O) groups is 2. The van der Waals surface area contributed by atoms with Gasteiger partial charge in [0.1, 0.15) is 11.4 Å². The van der Waals surface area contributed by atoms with Gasteiger partial charge >= 0.3 is 12.4 Å². The maximum absolute atomic E-state index is 13.4. The van der Waals surface area contributed by atoms with Crippen molar-refractivity contribution in [2.75, 3.05) is 5.32 Å². The van der Waals surface area contributed by atoms with Crippen molar-refractivity contribution in [3.05, 3.63) is 75.8 Å². The molecule has 0 fully saturated rings. The van der Waals surface area contributed by atoms with E-state index in [0.29, 0.717) is 16.8 Å². The summed E-state index contributed by atoms with van der Waals surface area (Å²) in [5.74, 6) is -2.56. The van der Waals surface area contributed by atoms with Crippen LogP contribution in [0.25, 0.3) is 16.7 Å². The Balaban J connectivity index is 1.86. The second-order valence-corrected chi connectivity index (χ2v) is 8.04. The van der Waals surface area contributed by atoms with Crippen LogP contribution < -0.4 is 11.1 Å². The number of amides is 2. The normalized spacial score (nSPS) is 12.1. The first-order chi connectivity index (χ1) is 17.2. The number of aromatic nitrogens is 4. The van der Waals surface area contributed by atoms with Crippen LogP contribution >= 0.6 is 11.6 Å². The van der Waals surface area contributed by atoms with E-state index in [-0.39, 0.29) is 33.0 Å². The molecule has 3 N–H and O–H groups in total. The first-order valence-electron chi connectivity index (χ1n) is 10.1. The first kappa shape index (κ1) is 25.9. The van der Waals surface area contributed by atoms with Crippen LogP contribution in [-0.4, -0.2) is 31.6 Å². The topological polar surface area (TPSA) is 116 Å². The lowest BCUT2D eigenvalue weighted by atomic mass is 10.0. The molecule has 4 aromatic rings. The lowest BCUT2D eigenvalue weighted by molar-refractivity contribution is -0.142. The number of hydrogen-bond acceptors (Lipinski definition) is 5. The van der Waals surface area contributed by atoms with Gasteiger partial charge in [0.15, 0.2) is 11.5 Å². The zero-order valence-electron chi connectivity index (χ0n) is 18.4. The van der Waals surface area contributed by atoms with Gasteiger partial charge in [-0.2, -0.15) is 31.4 Å². The first-order valence-corrected chi connectivity index (χ1v) is 10.5. The van der Waals surface area contributed by atoms with Crippen LogP contribution in [0.5, 0.6) is 0 Å². The number of aryl methyl sites for hydroxylation is 1. The molecule has 0 spiro atoms. The maximum atomic E-state index is 13.4. The van der Waals surface area contributed by atoms with Crippen molar-refractivity contribution in [2.45, 2.75) is 19.3 Å². The minimum Gasteiger partial charge on any atom is -0.366 e. The van der Waals surface area contributed by atoms with E-state index in [2.05, 4.69) is 20.4 Å².